The Morgan fingerprint density at radius 3 is 2.16 bits per heavy atom. The number of nitrogens with one attached hydrogen (secondary N) is 2. The molecule has 0 unspecified atom stereocenters. The molecule has 13 heteroatoms. The lowest BCUT2D eigenvalue weighted by molar-refractivity contribution is -0.132. The molecule has 0 atom stereocenters. The van der Waals surface area contributed by atoms with Crippen LogP contribution in [0.15, 0.2) is 48.7 Å². The fraction of sp³-hybridized carbons (Fsp3) is 0.500. The lowest BCUT2D eigenvalue weighted by Crippen LogP contribution is -2.49. The Bertz CT molecular complexity index is 1540. The summed E-state index contributed by atoms with van der Waals surface area (Å²) in [6.07, 6.45) is 8.01. The minimum atomic E-state index is -3.67. The summed E-state index contributed by atoms with van der Waals surface area (Å²) in [5.41, 5.74) is 3.35. The molecule has 12 nitrogen and oxygen atoms in total. The fourth-order valence-electron chi connectivity index (χ4n) is 5.42. The largest absolute Gasteiger partial charge is 0.353 e. The van der Waals surface area contributed by atoms with Crippen molar-refractivity contribution in [3.8, 4) is 5.69 Å². The number of urea groups is 1. The number of pyridine rings is 1. The Labute approximate surface area is 266 Å². The Morgan fingerprint density at radius 2 is 1.60 bits per heavy atom. The number of rotatable bonds is 6. The number of hydrogen-bond acceptors (Lipinski definition) is 7. The van der Waals surface area contributed by atoms with E-state index in [0.29, 0.717) is 36.0 Å². The molecule has 1 aliphatic carbocycles. The maximum atomic E-state index is 12.9. The quantitative estimate of drug-likeness (QED) is 0.310. The zero-order chi connectivity index (χ0) is 32.8. The Hall–Kier alpha value is -3.97. The molecule has 2 fully saturated rings. The Balaban J connectivity index is 0.000000854. The van der Waals surface area contributed by atoms with Gasteiger partial charge in [-0.2, -0.15) is 13.5 Å². The summed E-state index contributed by atoms with van der Waals surface area (Å²) in [5, 5.41) is 10.6. The molecule has 1 saturated carbocycles. The van der Waals surface area contributed by atoms with Crippen LogP contribution in [0.3, 0.4) is 0 Å². The number of piperazine rings is 1. The summed E-state index contributed by atoms with van der Waals surface area (Å²) in [7, 11) is -3.67. The second kappa shape index (κ2) is 14.4. The van der Waals surface area contributed by atoms with Gasteiger partial charge in [0.05, 0.1) is 29.5 Å². The normalized spacial score (nSPS) is 15.8. The maximum absolute atomic E-state index is 12.9. The van der Waals surface area contributed by atoms with Gasteiger partial charge in [0, 0.05) is 44.1 Å². The van der Waals surface area contributed by atoms with E-state index < -0.39 is 10.1 Å². The van der Waals surface area contributed by atoms with Crippen molar-refractivity contribution >= 4 is 39.4 Å². The van der Waals surface area contributed by atoms with Crippen LogP contribution in [0.1, 0.15) is 64.1 Å². The average molecular weight is 640 g/mol. The first-order valence-electron chi connectivity index (χ1n) is 15.3. The van der Waals surface area contributed by atoms with Crippen molar-refractivity contribution in [2.24, 2.45) is 5.92 Å². The third kappa shape index (κ3) is 10.3. The van der Waals surface area contributed by atoms with Gasteiger partial charge in [0.1, 0.15) is 11.6 Å². The van der Waals surface area contributed by atoms with Gasteiger partial charge in [-0.05, 0) is 49.9 Å². The minimum absolute atomic E-state index is 0.169. The van der Waals surface area contributed by atoms with Gasteiger partial charge in [0.15, 0.2) is 0 Å². The zero-order valence-corrected chi connectivity index (χ0v) is 27.6. The predicted molar refractivity (Wildman–Crippen MR) is 177 cm³/mol. The highest BCUT2D eigenvalue weighted by atomic mass is 32.2. The predicted octanol–water partition coefficient (Wildman–Crippen LogP) is 5.25. The van der Waals surface area contributed by atoms with E-state index in [9.17, 15) is 18.0 Å². The number of aromatic nitrogens is 3. The lowest BCUT2D eigenvalue weighted by Gasteiger charge is -2.36. The van der Waals surface area contributed by atoms with Crippen molar-refractivity contribution in [1.82, 2.24) is 19.7 Å². The van der Waals surface area contributed by atoms with Gasteiger partial charge >= 0.3 is 6.03 Å². The van der Waals surface area contributed by atoms with Crippen LogP contribution in [0.2, 0.25) is 0 Å². The third-order valence-electron chi connectivity index (χ3n) is 7.90. The summed E-state index contributed by atoms with van der Waals surface area (Å²) in [5.74, 6) is 2.31. The van der Waals surface area contributed by atoms with Crippen molar-refractivity contribution in [2.45, 2.75) is 65.2 Å². The topological polar surface area (TPSA) is 150 Å². The van der Waals surface area contributed by atoms with Gasteiger partial charge in [-0.25, -0.2) is 14.5 Å². The molecule has 0 bridgehead atoms. The maximum Gasteiger partial charge on any atom is 0.324 e. The highest BCUT2D eigenvalue weighted by Crippen LogP contribution is 2.29. The molecule has 0 spiro atoms. The number of benzene rings is 1. The first-order chi connectivity index (χ1) is 21.2. The molecule has 45 heavy (non-hydrogen) atoms. The van der Waals surface area contributed by atoms with E-state index in [1.807, 2.05) is 54.3 Å². The van der Waals surface area contributed by atoms with Gasteiger partial charge in [-0.1, -0.05) is 51.3 Å². The molecule has 244 valence electrons. The highest BCUT2D eigenvalue weighted by Gasteiger charge is 2.26. The van der Waals surface area contributed by atoms with Gasteiger partial charge in [0.25, 0.3) is 10.1 Å². The molecule has 1 saturated heterocycles. The summed E-state index contributed by atoms with van der Waals surface area (Å²) in [4.78, 5) is 34.4. The molecule has 1 aliphatic heterocycles. The van der Waals surface area contributed by atoms with E-state index in [1.54, 1.807) is 10.9 Å². The summed E-state index contributed by atoms with van der Waals surface area (Å²) in [6.45, 7) is 11.3. The number of carbonyl (C=O) groups excluding carboxylic acids is 2. The molecule has 3 heterocycles. The molecule has 1 aromatic carbocycles. The van der Waals surface area contributed by atoms with Crippen LogP contribution in [0.4, 0.5) is 22.1 Å². The monoisotopic (exact) mass is 639 g/mol. The fourth-order valence-corrected chi connectivity index (χ4v) is 5.42. The number of anilines is 3. The van der Waals surface area contributed by atoms with Crippen molar-refractivity contribution in [3.63, 3.8) is 0 Å². The van der Waals surface area contributed by atoms with Crippen LogP contribution in [-0.2, 0) is 20.3 Å². The highest BCUT2D eigenvalue weighted by molar-refractivity contribution is 7.85. The lowest BCUT2D eigenvalue weighted by atomic mass is 9.92. The van der Waals surface area contributed by atoms with Gasteiger partial charge in [-0.3, -0.25) is 14.7 Å². The van der Waals surface area contributed by atoms with E-state index in [-0.39, 0.29) is 11.4 Å². The molecular weight excluding hydrogens is 594 g/mol. The van der Waals surface area contributed by atoms with Gasteiger partial charge < -0.3 is 15.1 Å². The zero-order valence-electron chi connectivity index (χ0n) is 26.8. The SMILES string of the molecule is CS(=O)(=O)O.Cc1ccc(-n2nc(C(C)(C)C)cc2NC(=O)Nc2ccc(N3CCN(C(=O)CC4CCCC4)CC3)nc2)cc1. The first kappa shape index (κ1) is 33.9. The van der Waals surface area contributed by atoms with Crippen LogP contribution in [0.5, 0.6) is 0 Å². The Morgan fingerprint density at radius 1 is 0.978 bits per heavy atom. The molecule has 3 N–H and O–H groups in total. The minimum Gasteiger partial charge on any atom is -0.353 e. The molecule has 3 aromatic rings. The van der Waals surface area contributed by atoms with Gasteiger partial charge in [-0.15, -0.1) is 0 Å². The standard InChI is InChI=1S/C31H41N7O2.CH4O3S/c1-22-9-12-25(13-10-22)38-28(20-26(35-38)31(2,3)4)34-30(40)33-24-11-14-27(32-21-24)36-15-17-37(18-16-36)29(39)19-23-7-5-6-8-23;1-5(2,3)4/h9-14,20-21,23H,5-8,15-19H2,1-4H3,(H2,33,34,40);1H3,(H,2,3,4). The summed E-state index contributed by atoms with van der Waals surface area (Å²) < 4.78 is 27.6. The molecule has 2 aromatic heterocycles. The summed E-state index contributed by atoms with van der Waals surface area (Å²) >= 11 is 0. The van der Waals surface area contributed by atoms with E-state index in [4.69, 9.17) is 9.65 Å². The number of aryl methyl sites for hydroxylation is 1. The van der Waals surface area contributed by atoms with Crippen LogP contribution in [0.25, 0.3) is 5.69 Å². The number of amides is 3. The molecule has 5 rings (SSSR count). The van der Waals surface area contributed by atoms with Crippen LogP contribution in [-0.4, -0.2) is 77.0 Å². The van der Waals surface area contributed by atoms with Crippen LogP contribution in [0, 0.1) is 12.8 Å². The van der Waals surface area contributed by atoms with E-state index in [1.165, 1.54) is 25.7 Å². The molecular formula is C32H45N7O5S. The molecule has 3 amide bonds. The van der Waals surface area contributed by atoms with Gasteiger partial charge in [0.2, 0.25) is 5.91 Å². The number of carbonyl (C=O) groups is 2. The second-order valence-electron chi connectivity index (χ2n) is 12.9. The van der Waals surface area contributed by atoms with Crippen LogP contribution < -0.4 is 15.5 Å². The number of nitrogens with zero attached hydrogens (tertiary/aromatic N) is 5. The van der Waals surface area contributed by atoms with Crippen molar-refractivity contribution in [2.75, 3.05) is 48.0 Å². The smallest absolute Gasteiger partial charge is 0.324 e. The van der Waals surface area contributed by atoms with Crippen molar-refractivity contribution < 1.29 is 22.6 Å². The first-order valence-corrected chi connectivity index (χ1v) is 17.2. The molecule has 0 radical (unpaired) electrons. The third-order valence-corrected chi connectivity index (χ3v) is 7.90. The van der Waals surface area contributed by atoms with E-state index in [0.717, 1.165) is 48.9 Å². The average Bonchev–Trinajstić information content (AvgIpc) is 3.63. The van der Waals surface area contributed by atoms with Crippen molar-refractivity contribution in [3.05, 3.63) is 59.9 Å². The summed E-state index contributed by atoms with van der Waals surface area (Å²) in [6, 6.07) is 13.4. The number of hydrogen-bond donors (Lipinski definition) is 3. The van der Waals surface area contributed by atoms with Crippen molar-refractivity contribution in [1.29, 1.82) is 0 Å². The second-order valence-corrected chi connectivity index (χ2v) is 14.3. The molecule has 2 aliphatic rings. The Kier molecular flexibility index (Phi) is 10.9. The van der Waals surface area contributed by atoms with E-state index >= 15 is 0 Å². The van der Waals surface area contributed by atoms with E-state index in [2.05, 4.69) is 41.3 Å². The van der Waals surface area contributed by atoms with Crippen LogP contribution >= 0.6 is 0 Å².